The molecule has 3 rings (SSSR count). The number of ether oxygens (including phenoxy) is 1. The van der Waals surface area contributed by atoms with Crippen molar-refractivity contribution in [1.29, 1.82) is 0 Å². The monoisotopic (exact) mass is 479 g/mol. The van der Waals surface area contributed by atoms with E-state index in [-0.39, 0.29) is 17.9 Å². The maximum absolute atomic E-state index is 13.8. The molecule has 2 aromatic carbocycles. The van der Waals surface area contributed by atoms with Gasteiger partial charge in [-0.2, -0.15) is 0 Å². The molecule has 2 atom stereocenters. The van der Waals surface area contributed by atoms with Gasteiger partial charge >= 0.3 is 6.09 Å². The van der Waals surface area contributed by atoms with Gasteiger partial charge in [0.15, 0.2) is 0 Å². The number of benzene rings is 2. The van der Waals surface area contributed by atoms with Gasteiger partial charge in [-0.05, 0) is 78.0 Å². The fraction of sp³-hybridized carbons (Fsp3) is 0.464. The van der Waals surface area contributed by atoms with E-state index < -0.39 is 23.8 Å². The zero-order valence-electron chi connectivity index (χ0n) is 21.6. The van der Waals surface area contributed by atoms with Crippen molar-refractivity contribution in [2.75, 3.05) is 5.32 Å². The van der Waals surface area contributed by atoms with E-state index in [1.807, 2.05) is 62.4 Å². The smallest absolute Gasteiger partial charge is 0.408 e. The number of amides is 3. The number of nitrogens with zero attached hydrogens (tertiary/aromatic N) is 1. The number of nitrogens with one attached hydrogen (secondary N) is 2. The molecule has 7 nitrogen and oxygen atoms in total. The van der Waals surface area contributed by atoms with Gasteiger partial charge in [0, 0.05) is 11.7 Å². The molecule has 0 aliphatic heterocycles. The third kappa shape index (κ3) is 6.84. The highest BCUT2D eigenvalue weighted by atomic mass is 16.6. The molecule has 0 aromatic heterocycles. The van der Waals surface area contributed by atoms with E-state index >= 15 is 0 Å². The first kappa shape index (κ1) is 26.3. The van der Waals surface area contributed by atoms with Crippen LogP contribution in [0, 0.1) is 13.8 Å². The summed E-state index contributed by atoms with van der Waals surface area (Å²) in [6.45, 7) is 10.8. The molecular formula is C28H37N3O4. The number of hydrogen-bond donors (Lipinski definition) is 2. The lowest BCUT2D eigenvalue weighted by Crippen LogP contribution is -2.56. The molecule has 0 radical (unpaired) electrons. The largest absolute Gasteiger partial charge is 0.444 e. The lowest BCUT2D eigenvalue weighted by Gasteiger charge is -2.43. The Bertz CT molecular complexity index is 1070. The Morgan fingerprint density at radius 3 is 2.29 bits per heavy atom. The number of alkyl carbamates (subject to hydrolysis) is 1. The second-order valence-corrected chi connectivity index (χ2v) is 10.3. The summed E-state index contributed by atoms with van der Waals surface area (Å²) in [5, 5.41) is 5.68. The van der Waals surface area contributed by atoms with Gasteiger partial charge in [-0.15, -0.1) is 0 Å². The number of para-hydroxylation sites is 1. The molecule has 1 aliphatic carbocycles. The van der Waals surface area contributed by atoms with Crippen LogP contribution in [-0.2, 0) is 14.3 Å². The highest BCUT2D eigenvalue weighted by Crippen LogP contribution is 2.34. The van der Waals surface area contributed by atoms with Crippen LogP contribution in [0.4, 0.5) is 10.5 Å². The van der Waals surface area contributed by atoms with E-state index in [4.69, 9.17) is 4.74 Å². The molecule has 0 saturated heterocycles. The van der Waals surface area contributed by atoms with E-state index in [1.165, 1.54) is 0 Å². The fourth-order valence-corrected chi connectivity index (χ4v) is 4.15. The summed E-state index contributed by atoms with van der Waals surface area (Å²) in [4.78, 5) is 41.6. The summed E-state index contributed by atoms with van der Waals surface area (Å²) >= 11 is 0. The van der Waals surface area contributed by atoms with Gasteiger partial charge in [0.25, 0.3) is 5.91 Å². The van der Waals surface area contributed by atoms with Crippen molar-refractivity contribution >= 4 is 23.6 Å². The molecule has 2 aromatic rings. The van der Waals surface area contributed by atoms with Crippen molar-refractivity contribution in [3.05, 3.63) is 65.2 Å². The standard InChI is InChI=1S/C28H37N3O4/c1-18-11-9-13-21(17-18)24(25(32)30-23-16-8-7-12-19(23)2)31(22-14-10-15-22)26(33)20(3)29-27(34)35-28(4,5)6/h7-9,11-13,16-17,20,22,24H,10,14-15H2,1-6H3,(H,29,34)(H,30,32). The molecule has 2 N–H and O–H groups in total. The maximum atomic E-state index is 13.8. The number of hydrogen-bond acceptors (Lipinski definition) is 4. The van der Waals surface area contributed by atoms with Gasteiger partial charge in [0.1, 0.15) is 17.7 Å². The van der Waals surface area contributed by atoms with Crippen molar-refractivity contribution in [2.45, 2.75) is 84.5 Å². The van der Waals surface area contributed by atoms with Crippen LogP contribution >= 0.6 is 0 Å². The minimum absolute atomic E-state index is 0.0847. The van der Waals surface area contributed by atoms with Crippen LogP contribution in [0.1, 0.15) is 69.7 Å². The van der Waals surface area contributed by atoms with E-state index in [0.717, 1.165) is 36.0 Å². The van der Waals surface area contributed by atoms with Gasteiger partial charge in [-0.25, -0.2) is 4.79 Å². The number of carbonyl (C=O) groups is 3. The second-order valence-electron chi connectivity index (χ2n) is 10.3. The first-order chi connectivity index (χ1) is 16.5. The highest BCUT2D eigenvalue weighted by Gasteiger charge is 2.41. The number of rotatable bonds is 7. The van der Waals surface area contributed by atoms with E-state index in [1.54, 1.807) is 32.6 Å². The van der Waals surface area contributed by atoms with Crippen molar-refractivity contribution in [1.82, 2.24) is 10.2 Å². The normalized spacial score (nSPS) is 15.4. The van der Waals surface area contributed by atoms with Crippen LogP contribution in [0.5, 0.6) is 0 Å². The zero-order valence-corrected chi connectivity index (χ0v) is 21.6. The third-order valence-electron chi connectivity index (χ3n) is 6.11. The SMILES string of the molecule is Cc1cccc(C(C(=O)Nc2ccccc2C)N(C(=O)C(C)NC(=O)OC(C)(C)C)C2CCC2)c1. The first-order valence-electron chi connectivity index (χ1n) is 12.2. The minimum atomic E-state index is -0.857. The van der Waals surface area contributed by atoms with Crippen molar-refractivity contribution in [3.63, 3.8) is 0 Å². The molecule has 35 heavy (non-hydrogen) atoms. The highest BCUT2D eigenvalue weighted by molar-refractivity contribution is 5.99. The van der Waals surface area contributed by atoms with Gasteiger partial charge in [0.2, 0.25) is 5.91 Å². The summed E-state index contributed by atoms with van der Waals surface area (Å²) in [6, 6.07) is 13.4. The number of anilines is 1. The second kappa shape index (κ2) is 10.9. The van der Waals surface area contributed by atoms with Gasteiger partial charge < -0.3 is 20.3 Å². The Kier molecular flexibility index (Phi) is 8.20. The summed E-state index contributed by atoms with van der Waals surface area (Å²) in [7, 11) is 0. The summed E-state index contributed by atoms with van der Waals surface area (Å²) in [5.74, 6) is -0.596. The first-order valence-corrected chi connectivity index (χ1v) is 12.2. The molecule has 1 saturated carbocycles. The molecule has 1 fully saturated rings. The molecule has 0 bridgehead atoms. The van der Waals surface area contributed by atoms with Crippen molar-refractivity contribution in [2.24, 2.45) is 0 Å². The van der Waals surface area contributed by atoms with Crippen molar-refractivity contribution < 1.29 is 19.1 Å². The molecule has 3 amide bonds. The van der Waals surface area contributed by atoms with Crippen LogP contribution in [0.15, 0.2) is 48.5 Å². The average Bonchev–Trinajstić information content (AvgIpc) is 2.71. The van der Waals surface area contributed by atoms with Gasteiger partial charge in [0.05, 0.1) is 0 Å². The summed E-state index contributed by atoms with van der Waals surface area (Å²) in [5.41, 5.74) is 2.69. The van der Waals surface area contributed by atoms with Crippen LogP contribution in [0.25, 0.3) is 0 Å². The molecule has 2 unspecified atom stereocenters. The van der Waals surface area contributed by atoms with Crippen LogP contribution in [0.3, 0.4) is 0 Å². The van der Waals surface area contributed by atoms with Gasteiger partial charge in [-0.3, -0.25) is 9.59 Å². The molecule has 0 spiro atoms. The quantitative estimate of drug-likeness (QED) is 0.566. The summed E-state index contributed by atoms with van der Waals surface area (Å²) in [6.07, 6.45) is 1.95. The maximum Gasteiger partial charge on any atom is 0.408 e. The molecule has 7 heteroatoms. The number of carbonyl (C=O) groups excluding carboxylic acids is 3. The Morgan fingerprint density at radius 2 is 1.71 bits per heavy atom. The van der Waals surface area contributed by atoms with E-state index in [2.05, 4.69) is 10.6 Å². The van der Waals surface area contributed by atoms with Crippen LogP contribution in [0.2, 0.25) is 0 Å². The molecule has 0 heterocycles. The predicted octanol–water partition coefficient (Wildman–Crippen LogP) is 5.28. The van der Waals surface area contributed by atoms with Crippen molar-refractivity contribution in [3.8, 4) is 0 Å². The van der Waals surface area contributed by atoms with E-state index in [0.29, 0.717) is 5.69 Å². The Balaban J connectivity index is 1.95. The molecule has 1 aliphatic rings. The van der Waals surface area contributed by atoms with E-state index in [9.17, 15) is 14.4 Å². The van der Waals surface area contributed by atoms with Crippen LogP contribution in [-0.4, -0.2) is 40.5 Å². The Labute approximate surface area is 208 Å². The lowest BCUT2D eigenvalue weighted by atomic mass is 9.88. The molecule has 188 valence electrons. The molecular weight excluding hydrogens is 442 g/mol. The fourth-order valence-electron chi connectivity index (χ4n) is 4.15. The minimum Gasteiger partial charge on any atom is -0.444 e. The zero-order chi connectivity index (χ0) is 25.8. The number of aryl methyl sites for hydroxylation is 2. The topological polar surface area (TPSA) is 87.7 Å². The van der Waals surface area contributed by atoms with Crippen LogP contribution < -0.4 is 10.6 Å². The predicted molar refractivity (Wildman–Crippen MR) is 137 cm³/mol. The average molecular weight is 480 g/mol. The Morgan fingerprint density at radius 1 is 1.03 bits per heavy atom. The Hall–Kier alpha value is -3.35. The van der Waals surface area contributed by atoms with Gasteiger partial charge in [-0.1, -0.05) is 48.0 Å². The lowest BCUT2D eigenvalue weighted by molar-refractivity contribution is -0.145. The third-order valence-corrected chi connectivity index (χ3v) is 6.11. The summed E-state index contributed by atoms with van der Waals surface area (Å²) < 4.78 is 5.34.